The molecule has 0 radical (unpaired) electrons. The first-order valence-corrected chi connectivity index (χ1v) is 10.8. The van der Waals surface area contributed by atoms with Crippen LogP contribution in [0.15, 0.2) is 29.1 Å². The average molecular weight is 414 g/mol. The molecule has 0 fully saturated rings. The van der Waals surface area contributed by atoms with Gasteiger partial charge >= 0.3 is 0 Å². The average Bonchev–Trinajstić information content (AvgIpc) is 3.08. The van der Waals surface area contributed by atoms with E-state index in [2.05, 4.69) is 31.1 Å². The lowest BCUT2D eigenvalue weighted by atomic mass is 9.72. The number of rotatable bonds is 5. The summed E-state index contributed by atoms with van der Waals surface area (Å²) >= 11 is 1.64. The van der Waals surface area contributed by atoms with Gasteiger partial charge in [-0.3, -0.25) is 4.79 Å². The van der Waals surface area contributed by atoms with Gasteiger partial charge in [0.15, 0.2) is 4.83 Å². The van der Waals surface area contributed by atoms with Crippen LogP contribution in [0.3, 0.4) is 0 Å². The lowest BCUT2D eigenvalue weighted by Crippen LogP contribution is -2.28. The topological polar surface area (TPSA) is 66.2 Å². The van der Waals surface area contributed by atoms with Crippen molar-refractivity contribution in [3.8, 4) is 11.5 Å². The second-order valence-corrected chi connectivity index (χ2v) is 9.72. The first-order chi connectivity index (χ1) is 13.9. The zero-order valence-corrected chi connectivity index (χ0v) is 18.2. The van der Waals surface area contributed by atoms with E-state index in [4.69, 9.17) is 9.47 Å². The van der Waals surface area contributed by atoms with Crippen molar-refractivity contribution >= 4 is 21.6 Å². The Morgan fingerprint density at radius 3 is 2.62 bits per heavy atom. The van der Waals surface area contributed by atoms with Gasteiger partial charge < -0.3 is 9.47 Å². The Labute approximate surface area is 174 Å². The fraction of sp³-hybridized carbons (Fsp3) is 0.500. The Morgan fingerprint density at radius 1 is 1.21 bits per heavy atom. The predicted octanol–water partition coefficient (Wildman–Crippen LogP) is 4.09. The van der Waals surface area contributed by atoms with E-state index >= 15 is 0 Å². The number of benzene rings is 1. The van der Waals surface area contributed by atoms with Crippen LogP contribution in [0.1, 0.15) is 37.6 Å². The van der Waals surface area contributed by atoms with Crippen molar-refractivity contribution in [1.29, 1.82) is 0 Å². The molecule has 4 rings (SSSR count). The highest BCUT2D eigenvalue weighted by atomic mass is 32.1. The molecule has 2 heterocycles. The van der Waals surface area contributed by atoms with Crippen LogP contribution in [0.4, 0.5) is 0 Å². The van der Waals surface area contributed by atoms with Crippen LogP contribution in [0, 0.1) is 11.3 Å². The second kappa shape index (κ2) is 7.78. The molecular formula is C22H27N3O3S. The summed E-state index contributed by atoms with van der Waals surface area (Å²) in [4.78, 5) is 15.1. The first-order valence-electron chi connectivity index (χ1n) is 10.0. The number of nitrogens with zero attached hydrogens (tertiary/aromatic N) is 3. The molecule has 2 aromatic heterocycles. The maximum Gasteiger partial charge on any atom is 0.278 e. The minimum absolute atomic E-state index is 0.0555. The van der Waals surface area contributed by atoms with Gasteiger partial charge in [0.05, 0.1) is 19.0 Å². The molecule has 1 atom stereocenters. The van der Waals surface area contributed by atoms with Crippen molar-refractivity contribution in [2.45, 2.75) is 46.6 Å². The Balaban J connectivity index is 1.51. The highest BCUT2D eigenvalue weighted by Crippen LogP contribution is 2.41. The third kappa shape index (κ3) is 4.01. The van der Waals surface area contributed by atoms with Crippen LogP contribution in [-0.2, 0) is 19.4 Å². The van der Waals surface area contributed by atoms with E-state index in [-0.39, 0.29) is 11.0 Å². The Kier molecular flexibility index (Phi) is 5.34. The summed E-state index contributed by atoms with van der Waals surface area (Å²) in [6.45, 7) is 7.61. The fourth-order valence-corrected chi connectivity index (χ4v) is 5.17. The second-order valence-electron chi connectivity index (χ2n) is 8.63. The van der Waals surface area contributed by atoms with Gasteiger partial charge in [-0.15, -0.1) is 16.4 Å². The molecule has 1 aliphatic rings. The molecule has 0 spiro atoms. The summed E-state index contributed by atoms with van der Waals surface area (Å²) in [6.07, 6.45) is 3.09. The molecule has 0 amide bonds. The van der Waals surface area contributed by atoms with Gasteiger partial charge in [-0.1, -0.05) is 26.0 Å². The number of aryl methyl sites for hydroxylation is 1. The molecule has 1 aliphatic carbocycles. The van der Waals surface area contributed by atoms with Crippen LogP contribution < -0.4 is 15.0 Å². The fourth-order valence-electron chi connectivity index (χ4n) is 3.93. The SMILES string of the molecule is COc1ccc(OCCn2nnc3sc4c(c3c2=O)CC[C@H](C(C)(C)C)C4)cc1. The summed E-state index contributed by atoms with van der Waals surface area (Å²) in [5.41, 5.74) is 1.41. The number of hydrogen-bond acceptors (Lipinski definition) is 6. The maximum atomic E-state index is 13.1. The van der Waals surface area contributed by atoms with Crippen molar-refractivity contribution in [3.63, 3.8) is 0 Å². The summed E-state index contributed by atoms with van der Waals surface area (Å²) in [5.74, 6) is 2.14. The highest BCUT2D eigenvalue weighted by Gasteiger charge is 2.31. The molecule has 3 aromatic rings. The van der Waals surface area contributed by atoms with E-state index in [1.165, 1.54) is 15.1 Å². The van der Waals surface area contributed by atoms with E-state index in [0.717, 1.165) is 41.0 Å². The molecule has 0 unspecified atom stereocenters. The molecule has 0 saturated heterocycles. The molecule has 0 aliphatic heterocycles. The lowest BCUT2D eigenvalue weighted by molar-refractivity contribution is 0.218. The lowest BCUT2D eigenvalue weighted by Gasteiger charge is -2.33. The first kappa shape index (κ1) is 19.9. The predicted molar refractivity (Wildman–Crippen MR) is 115 cm³/mol. The molecular weight excluding hydrogens is 386 g/mol. The minimum atomic E-state index is -0.0555. The molecule has 154 valence electrons. The molecule has 0 bridgehead atoms. The van der Waals surface area contributed by atoms with Crippen LogP contribution in [0.5, 0.6) is 11.5 Å². The quantitative estimate of drug-likeness (QED) is 0.630. The van der Waals surface area contributed by atoms with Gasteiger partial charge in [-0.2, -0.15) is 0 Å². The van der Waals surface area contributed by atoms with E-state index in [1.807, 2.05) is 24.3 Å². The summed E-state index contributed by atoms with van der Waals surface area (Å²) in [7, 11) is 1.63. The van der Waals surface area contributed by atoms with Gasteiger partial charge in [0.2, 0.25) is 0 Å². The summed E-state index contributed by atoms with van der Waals surface area (Å²) < 4.78 is 12.3. The minimum Gasteiger partial charge on any atom is -0.497 e. The Hall–Kier alpha value is -2.41. The Morgan fingerprint density at radius 2 is 1.93 bits per heavy atom. The molecule has 7 heteroatoms. The third-order valence-corrected chi connectivity index (χ3v) is 6.93. The smallest absolute Gasteiger partial charge is 0.278 e. The van der Waals surface area contributed by atoms with Crippen LogP contribution in [0.2, 0.25) is 0 Å². The molecule has 29 heavy (non-hydrogen) atoms. The van der Waals surface area contributed by atoms with E-state index in [1.54, 1.807) is 18.4 Å². The van der Waals surface area contributed by atoms with E-state index in [9.17, 15) is 4.79 Å². The van der Waals surface area contributed by atoms with Crippen LogP contribution in [-0.4, -0.2) is 28.7 Å². The van der Waals surface area contributed by atoms with Gasteiger partial charge in [0.25, 0.3) is 5.56 Å². The van der Waals surface area contributed by atoms with Gasteiger partial charge in [0, 0.05) is 4.88 Å². The zero-order valence-electron chi connectivity index (χ0n) is 17.4. The molecule has 0 N–H and O–H groups in total. The third-order valence-electron chi connectivity index (χ3n) is 5.79. The van der Waals surface area contributed by atoms with Crippen molar-refractivity contribution in [2.24, 2.45) is 11.3 Å². The highest BCUT2D eigenvalue weighted by molar-refractivity contribution is 7.18. The monoisotopic (exact) mass is 413 g/mol. The number of ether oxygens (including phenoxy) is 2. The van der Waals surface area contributed by atoms with Crippen LogP contribution >= 0.6 is 11.3 Å². The zero-order chi connectivity index (χ0) is 20.6. The van der Waals surface area contributed by atoms with E-state index in [0.29, 0.717) is 19.1 Å². The Bertz CT molecular complexity index is 1060. The maximum absolute atomic E-state index is 13.1. The number of fused-ring (bicyclic) bond motifs is 3. The summed E-state index contributed by atoms with van der Waals surface area (Å²) in [5, 5.41) is 9.24. The number of methoxy groups -OCH3 is 1. The van der Waals surface area contributed by atoms with Crippen LogP contribution in [0.25, 0.3) is 10.2 Å². The molecule has 0 saturated carbocycles. The van der Waals surface area contributed by atoms with Crippen molar-refractivity contribution in [2.75, 3.05) is 13.7 Å². The number of thiophene rings is 1. The standard InChI is InChI=1S/C22H27N3O3S/c1-22(2,3)14-5-10-17-18(13-14)29-20-19(17)21(26)25(24-23-20)11-12-28-16-8-6-15(27-4)7-9-16/h6-9,14H,5,10-13H2,1-4H3/t14-/m0/s1. The van der Waals surface area contributed by atoms with Crippen molar-refractivity contribution in [1.82, 2.24) is 15.0 Å². The normalized spacial score (nSPS) is 16.6. The largest absolute Gasteiger partial charge is 0.497 e. The van der Waals surface area contributed by atoms with Crippen molar-refractivity contribution < 1.29 is 9.47 Å². The molecule has 6 nitrogen and oxygen atoms in total. The van der Waals surface area contributed by atoms with Gasteiger partial charge in [0.1, 0.15) is 18.1 Å². The summed E-state index contributed by atoms with van der Waals surface area (Å²) in [6, 6.07) is 7.38. The van der Waals surface area contributed by atoms with Crippen molar-refractivity contribution in [3.05, 3.63) is 45.1 Å². The molecule has 1 aromatic carbocycles. The van der Waals surface area contributed by atoms with Gasteiger partial charge in [-0.25, -0.2) is 4.68 Å². The van der Waals surface area contributed by atoms with E-state index < -0.39 is 0 Å². The number of hydrogen-bond donors (Lipinski definition) is 0. The number of aromatic nitrogens is 3. The van der Waals surface area contributed by atoms with Gasteiger partial charge in [-0.05, 0) is 60.4 Å².